The van der Waals surface area contributed by atoms with E-state index in [2.05, 4.69) is 48.8 Å². The zero-order valence-electron chi connectivity index (χ0n) is 37.9. The Kier molecular flexibility index (Phi) is 33.3. The van der Waals surface area contributed by atoms with E-state index in [0.29, 0.717) is 32.1 Å². The van der Waals surface area contributed by atoms with E-state index in [0.717, 1.165) is 77.0 Å². The second-order valence-corrected chi connectivity index (χ2v) is 18.7. The van der Waals surface area contributed by atoms with Crippen molar-refractivity contribution in [1.82, 2.24) is 0 Å². The second kappa shape index (κ2) is 35.8. The van der Waals surface area contributed by atoms with Crippen LogP contribution in [0.25, 0.3) is 0 Å². The van der Waals surface area contributed by atoms with Crippen LogP contribution in [-0.2, 0) is 46.6 Å². The summed E-state index contributed by atoms with van der Waals surface area (Å²) in [6.07, 6.45) is 20.3. The normalized spacial score (nSPS) is 22.1. The van der Waals surface area contributed by atoms with Crippen molar-refractivity contribution in [3.63, 3.8) is 0 Å². The van der Waals surface area contributed by atoms with Crippen LogP contribution in [0.4, 0.5) is 0 Å². The highest BCUT2D eigenvalue weighted by Crippen LogP contribution is 2.49. The minimum absolute atomic E-state index is 0.0418. The van der Waals surface area contributed by atoms with E-state index in [1.807, 2.05) is 6.08 Å². The highest BCUT2D eigenvalue weighted by molar-refractivity contribution is 7.47. The lowest BCUT2D eigenvalue weighted by atomic mass is 9.85. The molecule has 0 bridgehead atoms. The number of allylic oxidation sites excluding steroid dienone is 8. The number of aliphatic hydroxyl groups excluding tert-OH is 4. The molecule has 7 N–H and O–H groups in total. The molecule has 0 spiro atoms. The number of rotatable bonds is 38. The van der Waals surface area contributed by atoms with Crippen LogP contribution in [0.1, 0.15) is 162 Å². The van der Waals surface area contributed by atoms with Crippen molar-refractivity contribution in [2.45, 2.75) is 204 Å². The zero-order chi connectivity index (χ0) is 47.6. The van der Waals surface area contributed by atoms with Crippen LogP contribution in [0.3, 0.4) is 0 Å². The van der Waals surface area contributed by atoms with E-state index in [-0.39, 0.29) is 18.6 Å². The van der Waals surface area contributed by atoms with Crippen molar-refractivity contribution in [1.29, 1.82) is 0 Å². The molecule has 0 aromatic carbocycles. The highest BCUT2D eigenvalue weighted by atomic mass is 31.2. The van der Waals surface area contributed by atoms with Gasteiger partial charge in [0, 0.05) is 19.3 Å². The zero-order valence-corrected chi connectivity index (χ0v) is 39.7. The van der Waals surface area contributed by atoms with Crippen LogP contribution >= 0.6 is 15.6 Å². The number of carbonyl (C=O) groups excluding carboxylic acids is 3. The van der Waals surface area contributed by atoms with Crippen LogP contribution in [0.5, 0.6) is 0 Å². The fourth-order valence-electron chi connectivity index (χ4n) is 6.68. The number of ether oxygens (including phenoxy) is 2. The number of aliphatic hydroxyl groups is 4. The number of ketones is 1. The topological polar surface area (TPSA) is 273 Å². The molecule has 64 heavy (non-hydrogen) atoms. The molecular weight excluding hydrogens is 874 g/mol. The van der Waals surface area contributed by atoms with Gasteiger partial charge in [0.1, 0.15) is 43.2 Å². The summed E-state index contributed by atoms with van der Waals surface area (Å²) in [4.78, 5) is 66.3. The third-order valence-corrected chi connectivity index (χ3v) is 11.9. The van der Waals surface area contributed by atoms with E-state index in [1.165, 1.54) is 25.7 Å². The number of esters is 2. The summed E-state index contributed by atoms with van der Waals surface area (Å²) in [5, 5.41) is 41.2. The van der Waals surface area contributed by atoms with Gasteiger partial charge in [-0.3, -0.25) is 28.0 Å². The fourth-order valence-corrected chi connectivity index (χ4v) is 8.22. The Labute approximate surface area is 380 Å². The first-order valence-electron chi connectivity index (χ1n) is 23.1. The van der Waals surface area contributed by atoms with Crippen LogP contribution in [-0.4, -0.2) is 109 Å². The molecule has 1 aliphatic rings. The van der Waals surface area contributed by atoms with Gasteiger partial charge in [0.05, 0.1) is 6.61 Å². The maximum atomic E-state index is 13.0. The van der Waals surface area contributed by atoms with E-state index in [1.54, 1.807) is 12.2 Å². The Balaban J connectivity index is 2.66. The van der Waals surface area contributed by atoms with Crippen molar-refractivity contribution in [2.24, 2.45) is 0 Å². The minimum atomic E-state index is -5.38. The van der Waals surface area contributed by atoms with Crippen molar-refractivity contribution in [3.8, 4) is 0 Å². The average Bonchev–Trinajstić information content (AvgIpc) is 3.24. The molecule has 19 heteroatoms. The summed E-state index contributed by atoms with van der Waals surface area (Å²) in [6, 6.07) is 0. The molecule has 0 aromatic rings. The van der Waals surface area contributed by atoms with Gasteiger partial charge in [-0.05, 0) is 70.3 Å². The molecule has 0 amide bonds. The van der Waals surface area contributed by atoms with Crippen LogP contribution in [0.2, 0.25) is 0 Å². The van der Waals surface area contributed by atoms with Gasteiger partial charge in [-0.2, -0.15) is 0 Å². The van der Waals surface area contributed by atoms with Gasteiger partial charge in [-0.15, -0.1) is 0 Å². The van der Waals surface area contributed by atoms with Gasteiger partial charge in [-0.25, -0.2) is 9.13 Å². The monoisotopic (exact) mass is 952 g/mol. The predicted molar refractivity (Wildman–Crippen MR) is 242 cm³/mol. The lowest BCUT2D eigenvalue weighted by Gasteiger charge is -2.43. The van der Waals surface area contributed by atoms with Crippen molar-refractivity contribution in [3.05, 3.63) is 48.6 Å². The quantitative estimate of drug-likeness (QED) is 0.00780. The van der Waals surface area contributed by atoms with E-state index >= 15 is 0 Å². The number of carbonyl (C=O) groups is 3. The standard InChI is InChI=1S/C45H78O17P2/c1-3-5-7-9-11-12-13-14-15-16-17-18-20-24-28-32-38(47)58-34-37(60-39(48)33-29-25-21-23-27-31-36(46)30-26-22-19-10-8-6-4-2)35-59-64(56,57)62-45-42(51)40(49)41(50)44(43(45)52)61-63(53,54)55/h11-12,14-15,19,22,26,30,37,40-45,49-52H,3-10,13,16-18,20-21,23-25,27-29,31-35H2,1-2H3,(H,56,57)(H2,53,54,55)/b12-11-,15-14-,22-19-,30-26+/t37-,40?,41?,42?,43?,44-,45+/m1/s1. The Morgan fingerprint density at radius 2 is 1.05 bits per heavy atom. The Morgan fingerprint density at radius 1 is 0.547 bits per heavy atom. The average molecular weight is 953 g/mol. The third kappa shape index (κ3) is 30.0. The first-order valence-corrected chi connectivity index (χ1v) is 26.2. The molecule has 0 saturated heterocycles. The Bertz CT molecular complexity index is 1490. The molecule has 5 unspecified atom stereocenters. The lowest BCUT2D eigenvalue weighted by molar-refractivity contribution is -0.216. The highest BCUT2D eigenvalue weighted by Gasteiger charge is 2.54. The van der Waals surface area contributed by atoms with E-state index in [4.69, 9.17) is 28.3 Å². The fraction of sp³-hybridized carbons (Fsp3) is 0.756. The minimum Gasteiger partial charge on any atom is -0.462 e. The number of hydrogen-bond acceptors (Lipinski definition) is 14. The summed E-state index contributed by atoms with van der Waals surface area (Å²) in [6.45, 7) is 2.91. The van der Waals surface area contributed by atoms with Gasteiger partial charge >= 0.3 is 27.6 Å². The van der Waals surface area contributed by atoms with Gasteiger partial charge in [-0.1, -0.05) is 121 Å². The summed E-state index contributed by atoms with van der Waals surface area (Å²) in [5.41, 5.74) is 0. The summed E-state index contributed by atoms with van der Waals surface area (Å²) in [5.74, 6) is -1.27. The first kappa shape index (κ1) is 59.6. The molecule has 1 saturated carbocycles. The Hall–Kier alpha value is -2.37. The molecule has 0 aliphatic heterocycles. The molecule has 0 radical (unpaired) electrons. The number of phosphoric ester groups is 2. The van der Waals surface area contributed by atoms with Gasteiger partial charge < -0.3 is 44.6 Å². The largest absolute Gasteiger partial charge is 0.472 e. The number of unbranched alkanes of at least 4 members (excludes halogenated alkanes) is 15. The molecule has 1 fully saturated rings. The predicted octanol–water partition coefficient (Wildman–Crippen LogP) is 7.68. The van der Waals surface area contributed by atoms with Crippen LogP contribution < -0.4 is 0 Å². The van der Waals surface area contributed by atoms with E-state index < -0.39 is 83.5 Å². The summed E-state index contributed by atoms with van der Waals surface area (Å²) >= 11 is 0. The second-order valence-electron chi connectivity index (χ2n) is 16.2. The number of hydrogen-bond donors (Lipinski definition) is 7. The third-order valence-electron chi connectivity index (χ3n) is 10.4. The van der Waals surface area contributed by atoms with Crippen molar-refractivity contribution >= 4 is 33.4 Å². The maximum absolute atomic E-state index is 13.0. The molecule has 370 valence electrons. The molecule has 8 atom stereocenters. The molecule has 0 aromatic heterocycles. The molecule has 1 aliphatic carbocycles. The molecule has 1 rings (SSSR count). The lowest BCUT2D eigenvalue weighted by Crippen LogP contribution is -2.64. The van der Waals surface area contributed by atoms with Crippen LogP contribution in [0, 0.1) is 0 Å². The number of phosphoric acid groups is 2. The van der Waals surface area contributed by atoms with Gasteiger partial charge in [0.25, 0.3) is 0 Å². The Morgan fingerprint density at radius 3 is 1.62 bits per heavy atom. The molecule has 17 nitrogen and oxygen atoms in total. The molecular formula is C45H78O17P2. The maximum Gasteiger partial charge on any atom is 0.472 e. The first-order chi connectivity index (χ1) is 30.5. The smallest absolute Gasteiger partial charge is 0.462 e. The van der Waals surface area contributed by atoms with Crippen LogP contribution in [0.15, 0.2) is 48.6 Å². The van der Waals surface area contributed by atoms with E-state index in [9.17, 15) is 48.8 Å². The van der Waals surface area contributed by atoms with Crippen molar-refractivity contribution in [2.75, 3.05) is 13.2 Å². The van der Waals surface area contributed by atoms with Gasteiger partial charge in [0.15, 0.2) is 11.9 Å². The van der Waals surface area contributed by atoms with Crippen molar-refractivity contribution < 1.29 is 81.7 Å². The molecule has 0 heterocycles. The summed E-state index contributed by atoms with van der Waals surface area (Å²) in [7, 11) is -10.7. The van der Waals surface area contributed by atoms with Gasteiger partial charge in [0.2, 0.25) is 0 Å². The summed E-state index contributed by atoms with van der Waals surface area (Å²) < 4.78 is 49.2. The SMILES string of the molecule is CCCCC/C=C\C=C\C(=O)CCCCCCCC(=O)O[C@H](COC(=O)CCCCCCC/C=C\C/C=C\CCCCC)COP(=O)(O)O[C@H]1C(O)C(O)C(O)[C@@H](OP(=O)(O)O)C1O.